The maximum atomic E-state index is 14.3. The van der Waals surface area contributed by atoms with Crippen LogP contribution in [0, 0.1) is 17.5 Å². The molecule has 3 rings (SSSR count). The van der Waals surface area contributed by atoms with Gasteiger partial charge in [-0.2, -0.15) is 0 Å². The molecule has 1 aliphatic rings. The molecule has 0 atom stereocenters. The Morgan fingerprint density at radius 1 is 0.963 bits per heavy atom. The van der Waals surface area contributed by atoms with Crippen LogP contribution in [0.2, 0.25) is 0 Å². The molecule has 2 aromatic carbocycles. The van der Waals surface area contributed by atoms with Gasteiger partial charge in [0, 0.05) is 17.4 Å². The van der Waals surface area contributed by atoms with Crippen LogP contribution in [-0.4, -0.2) is 26.1 Å². The Bertz CT molecular complexity index is 1100. The molecular weight excluding hydrogens is 381 g/mol. The fraction of sp³-hybridized carbons (Fsp3) is 0.211. The number of hydrogen-bond acceptors (Lipinski definition) is 4. The maximum Gasteiger partial charge on any atom is 0.210 e. The van der Waals surface area contributed by atoms with Crippen LogP contribution in [0.5, 0.6) is 0 Å². The van der Waals surface area contributed by atoms with E-state index in [0.29, 0.717) is 0 Å². The predicted octanol–water partition coefficient (Wildman–Crippen LogP) is 3.75. The smallest absolute Gasteiger partial charge is 0.210 e. The van der Waals surface area contributed by atoms with Gasteiger partial charge in [0.25, 0.3) is 0 Å². The van der Waals surface area contributed by atoms with E-state index in [4.69, 9.17) is 4.74 Å². The number of Topliss-reactive ketones (excluding diaryl/α,β-unsaturated/α-hetero) is 1. The van der Waals surface area contributed by atoms with E-state index in [1.165, 1.54) is 19.9 Å². The number of halogens is 3. The van der Waals surface area contributed by atoms with E-state index >= 15 is 0 Å². The molecule has 142 valence electrons. The number of carbonyl (C=O) groups excluding carboxylic acids is 1. The van der Waals surface area contributed by atoms with Gasteiger partial charge < -0.3 is 4.74 Å². The van der Waals surface area contributed by atoms with Crippen molar-refractivity contribution in [2.45, 2.75) is 24.3 Å². The van der Waals surface area contributed by atoms with Crippen LogP contribution in [0.1, 0.15) is 25.0 Å². The van der Waals surface area contributed by atoms with E-state index in [1.54, 1.807) is 0 Å². The molecule has 0 amide bonds. The fourth-order valence-electron chi connectivity index (χ4n) is 2.84. The third-order valence-corrected chi connectivity index (χ3v) is 5.28. The second kappa shape index (κ2) is 6.23. The number of benzene rings is 2. The second-order valence-corrected chi connectivity index (χ2v) is 8.67. The zero-order valence-corrected chi connectivity index (χ0v) is 15.5. The van der Waals surface area contributed by atoms with Crippen molar-refractivity contribution < 1.29 is 31.1 Å². The summed E-state index contributed by atoms with van der Waals surface area (Å²) in [5.74, 6) is -3.38. The standard InChI is InChI=1S/C19H15F3O4S/c1-19(2)18(23)16(12-9-11(20)5-6-13(12)21)17(26-19)10-4-7-15(14(22)8-10)27(3,24)25/h4-9H,1-3H3. The lowest BCUT2D eigenvalue weighted by Gasteiger charge is -2.18. The molecule has 0 saturated carbocycles. The second-order valence-electron chi connectivity index (χ2n) is 6.69. The first-order chi connectivity index (χ1) is 12.4. The number of ether oxygens (including phenoxy) is 1. The Kier molecular flexibility index (Phi) is 4.42. The van der Waals surface area contributed by atoms with Gasteiger partial charge in [-0.15, -0.1) is 0 Å². The molecule has 2 aromatic rings. The largest absolute Gasteiger partial charge is 0.478 e. The maximum absolute atomic E-state index is 14.3. The quantitative estimate of drug-likeness (QED) is 0.793. The van der Waals surface area contributed by atoms with Gasteiger partial charge in [0.05, 0.1) is 5.57 Å². The molecule has 0 aromatic heterocycles. The Balaban J connectivity index is 2.27. The predicted molar refractivity (Wildman–Crippen MR) is 92.9 cm³/mol. The summed E-state index contributed by atoms with van der Waals surface area (Å²) in [5, 5.41) is 0. The summed E-state index contributed by atoms with van der Waals surface area (Å²) in [7, 11) is -3.79. The Morgan fingerprint density at radius 2 is 1.63 bits per heavy atom. The van der Waals surface area contributed by atoms with Crippen molar-refractivity contribution in [2.24, 2.45) is 0 Å². The van der Waals surface area contributed by atoms with Gasteiger partial charge in [-0.1, -0.05) is 0 Å². The topological polar surface area (TPSA) is 60.4 Å². The molecule has 0 bridgehead atoms. The summed E-state index contributed by atoms with van der Waals surface area (Å²) in [6.07, 6.45) is 0.858. The molecular formula is C19H15F3O4S. The summed E-state index contributed by atoms with van der Waals surface area (Å²) in [4.78, 5) is 12.2. The number of carbonyl (C=O) groups is 1. The van der Waals surface area contributed by atoms with E-state index < -0.39 is 43.6 Å². The summed E-state index contributed by atoms with van der Waals surface area (Å²) in [6, 6.07) is 5.81. The Labute approximate surface area is 154 Å². The fourth-order valence-corrected chi connectivity index (χ4v) is 3.56. The van der Waals surface area contributed by atoms with Crippen LogP contribution in [0.25, 0.3) is 11.3 Å². The first kappa shape index (κ1) is 19.2. The Morgan fingerprint density at radius 3 is 2.22 bits per heavy atom. The summed E-state index contributed by atoms with van der Waals surface area (Å²) in [6.45, 7) is 2.89. The molecule has 0 aliphatic carbocycles. The lowest BCUT2D eigenvalue weighted by Crippen LogP contribution is -2.29. The number of sulfone groups is 1. The van der Waals surface area contributed by atoms with Gasteiger partial charge >= 0.3 is 0 Å². The average molecular weight is 396 g/mol. The zero-order valence-electron chi connectivity index (χ0n) is 14.6. The normalized spacial score (nSPS) is 16.6. The molecule has 27 heavy (non-hydrogen) atoms. The third-order valence-electron chi connectivity index (χ3n) is 4.15. The van der Waals surface area contributed by atoms with Crippen molar-refractivity contribution in [3.63, 3.8) is 0 Å². The number of hydrogen-bond donors (Lipinski definition) is 0. The first-order valence-electron chi connectivity index (χ1n) is 7.85. The van der Waals surface area contributed by atoms with Crippen molar-refractivity contribution in [1.82, 2.24) is 0 Å². The summed E-state index contributed by atoms with van der Waals surface area (Å²) in [5.41, 5.74) is -1.88. The van der Waals surface area contributed by atoms with Crippen LogP contribution >= 0.6 is 0 Å². The number of ketones is 1. The highest BCUT2D eigenvalue weighted by molar-refractivity contribution is 7.90. The van der Waals surface area contributed by atoms with Gasteiger partial charge in [-0.05, 0) is 50.2 Å². The molecule has 0 spiro atoms. The van der Waals surface area contributed by atoms with Crippen LogP contribution in [0.4, 0.5) is 13.2 Å². The third kappa shape index (κ3) is 3.37. The Hall–Kier alpha value is -2.61. The van der Waals surface area contributed by atoms with Gasteiger partial charge in [0.1, 0.15) is 28.1 Å². The van der Waals surface area contributed by atoms with Crippen LogP contribution in [-0.2, 0) is 19.4 Å². The van der Waals surface area contributed by atoms with Crippen molar-refractivity contribution >= 4 is 27.0 Å². The first-order valence-corrected chi connectivity index (χ1v) is 9.74. The molecule has 0 unspecified atom stereocenters. The van der Waals surface area contributed by atoms with Crippen LogP contribution in [0.15, 0.2) is 41.3 Å². The highest BCUT2D eigenvalue weighted by Crippen LogP contribution is 2.42. The van der Waals surface area contributed by atoms with Crippen molar-refractivity contribution in [2.75, 3.05) is 6.26 Å². The van der Waals surface area contributed by atoms with Gasteiger partial charge in [-0.3, -0.25) is 4.79 Å². The monoisotopic (exact) mass is 396 g/mol. The van der Waals surface area contributed by atoms with Crippen molar-refractivity contribution in [3.8, 4) is 0 Å². The lowest BCUT2D eigenvalue weighted by atomic mass is 9.92. The highest BCUT2D eigenvalue weighted by atomic mass is 32.2. The van der Waals surface area contributed by atoms with E-state index in [9.17, 15) is 26.4 Å². The minimum absolute atomic E-state index is 0.0393. The van der Waals surface area contributed by atoms with E-state index in [1.807, 2.05) is 0 Å². The van der Waals surface area contributed by atoms with Gasteiger partial charge in [0.2, 0.25) is 5.78 Å². The van der Waals surface area contributed by atoms with Crippen LogP contribution in [0.3, 0.4) is 0 Å². The molecule has 4 nitrogen and oxygen atoms in total. The van der Waals surface area contributed by atoms with E-state index in [0.717, 1.165) is 36.6 Å². The molecule has 0 saturated heterocycles. The lowest BCUT2D eigenvalue weighted by molar-refractivity contribution is -0.125. The molecule has 0 fully saturated rings. The molecule has 0 N–H and O–H groups in total. The van der Waals surface area contributed by atoms with Crippen molar-refractivity contribution in [1.29, 1.82) is 0 Å². The van der Waals surface area contributed by atoms with E-state index in [-0.39, 0.29) is 22.5 Å². The summed E-state index contributed by atoms with van der Waals surface area (Å²) < 4.78 is 71.0. The molecule has 1 heterocycles. The van der Waals surface area contributed by atoms with Crippen LogP contribution < -0.4 is 0 Å². The summed E-state index contributed by atoms with van der Waals surface area (Å²) >= 11 is 0. The highest BCUT2D eigenvalue weighted by Gasteiger charge is 2.43. The van der Waals surface area contributed by atoms with Gasteiger partial charge in [-0.25, -0.2) is 21.6 Å². The van der Waals surface area contributed by atoms with E-state index in [2.05, 4.69) is 0 Å². The SMILES string of the molecule is CC1(C)OC(c2ccc(S(C)(=O)=O)c(F)c2)=C(c2cc(F)ccc2F)C1=O. The molecule has 0 radical (unpaired) electrons. The average Bonchev–Trinajstić information content (AvgIpc) is 2.79. The molecule has 8 heteroatoms. The molecule has 1 aliphatic heterocycles. The van der Waals surface area contributed by atoms with Gasteiger partial charge in [0.15, 0.2) is 15.4 Å². The zero-order chi connectivity index (χ0) is 20.1. The van der Waals surface area contributed by atoms with Crippen molar-refractivity contribution in [3.05, 3.63) is 65.0 Å². The number of rotatable bonds is 3. The minimum atomic E-state index is -3.79. The minimum Gasteiger partial charge on any atom is -0.478 e.